The molecule has 1 atom stereocenters. The van der Waals surface area contributed by atoms with Crippen LogP contribution in [0.15, 0.2) is 34.3 Å². The molecule has 0 saturated carbocycles. The Bertz CT molecular complexity index is 925. The van der Waals surface area contributed by atoms with Crippen molar-refractivity contribution in [3.63, 3.8) is 0 Å². The Hall–Kier alpha value is -1.91. The molecular formula is C17H23N5O3S2. The van der Waals surface area contributed by atoms with Gasteiger partial charge >= 0.3 is 0 Å². The van der Waals surface area contributed by atoms with Crippen LogP contribution in [0.5, 0.6) is 0 Å². The first-order chi connectivity index (χ1) is 12.8. The number of hydrogen-bond acceptors (Lipinski definition) is 6. The molecule has 1 fully saturated rings. The Balaban J connectivity index is 1.80. The highest BCUT2D eigenvalue weighted by Gasteiger charge is 2.33. The lowest BCUT2D eigenvalue weighted by Gasteiger charge is -2.31. The summed E-state index contributed by atoms with van der Waals surface area (Å²) < 4.78 is 29.5. The van der Waals surface area contributed by atoms with Gasteiger partial charge in [0.1, 0.15) is 5.82 Å². The molecule has 1 aliphatic rings. The van der Waals surface area contributed by atoms with E-state index in [0.29, 0.717) is 18.8 Å². The second-order valence-corrected chi connectivity index (χ2v) is 9.22. The monoisotopic (exact) mass is 409 g/mol. The number of carbonyl (C=O) groups excluding carboxylic acids is 1. The maximum atomic E-state index is 13.0. The standard InChI is InChI=1S/C17H23N5O3S2/c1-12(23)18-14-6-8-15(9-7-14)27(24,25)22-10-4-5-13(11-22)16-19-20-17(26-3)21(16)2/h6-9,13H,4-5,10-11H2,1-3H3,(H,18,23). The number of anilines is 1. The van der Waals surface area contributed by atoms with Gasteiger partial charge in [-0.2, -0.15) is 4.31 Å². The number of hydrogen-bond donors (Lipinski definition) is 1. The molecular weight excluding hydrogens is 386 g/mol. The first kappa shape index (κ1) is 19.8. The molecule has 1 N–H and O–H groups in total. The van der Waals surface area contributed by atoms with Gasteiger partial charge in [0.25, 0.3) is 0 Å². The molecule has 0 spiro atoms. The molecule has 2 heterocycles. The molecule has 0 bridgehead atoms. The highest BCUT2D eigenvalue weighted by atomic mass is 32.2. The number of nitrogens with zero attached hydrogens (tertiary/aromatic N) is 4. The molecule has 0 radical (unpaired) electrons. The number of sulfonamides is 1. The highest BCUT2D eigenvalue weighted by Crippen LogP contribution is 2.30. The van der Waals surface area contributed by atoms with Crippen molar-refractivity contribution in [1.29, 1.82) is 0 Å². The lowest BCUT2D eigenvalue weighted by atomic mass is 9.99. The fraction of sp³-hybridized carbons (Fsp3) is 0.471. The van der Waals surface area contributed by atoms with Crippen LogP contribution >= 0.6 is 11.8 Å². The molecule has 2 aromatic rings. The van der Waals surface area contributed by atoms with E-state index in [4.69, 9.17) is 0 Å². The third-order valence-corrected chi connectivity index (χ3v) is 7.21. The van der Waals surface area contributed by atoms with Crippen LogP contribution < -0.4 is 5.32 Å². The van der Waals surface area contributed by atoms with Crippen LogP contribution in [0.3, 0.4) is 0 Å². The van der Waals surface area contributed by atoms with Gasteiger partial charge in [0, 0.05) is 38.7 Å². The van der Waals surface area contributed by atoms with Gasteiger partial charge in [-0.15, -0.1) is 10.2 Å². The Morgan fingerprint density at radius 3 is 2.56 bits per heavy atom. The molecule has 146 valence electrons. The third kappa shape index (κ3) is 4.17. The van der Waals surface area contributed by atoms with Crippen LogP contribution in [0.2, 0.25) is 0 Å². The van der Waals surface area contributed by atoms with Gasteiger partial charge in [-0.3, -0.25) is 4.79 Å². The number of nitrogens with one attached hydrogen (secondary N) is 1. The van der Waals surface area contributed by atoms with Gasteiger partial charge in [-0.05, 0) is 43.4 Å². The summed E-state index contributed by atoms with van der Waals surface area (Å²) in [4.78, 5) is 11.3. The van der Waals surface area contributed by atoms with Crippen molar-refractivity contribution >= 4 is 33.4 Å². The Morgan fingerprint density at radius 1 is 1.26 bits per heavy atom. The molecule has 10 heteroatoms. The van der Waals surface area contributed by atoms with Gasteiger partial charge in [-0.25, -0.2) is 8.42 Å². The van der Waals surface area contributed by atoms with E-state index in [2.05, 4.69) is 15.5 Å². The van der Waals surface area contributed by atoms with Crippen molar-refractivity contribution < 1.29 is 13.2 Å². The lowest BCUT2D eigenvalue weighted by Crippen LogP contribution is -2.39. The number of rotatable bonds is 5. The van der Waals surface area contributed by atoms with Crippen molar-refractivity contribution in [2.24, 2.45) is 7.05 Å². The van der Waals surface area contributed by atoms with Crippen LogP contribution in [0, 0.1) is 0 Å². The zero-order chi connectivity index (χ0) is 19.6. The molecule has 1 amide bonds. The van der Waals surface area contributed by atoms with E-state index < -0.39 is 10.0 Å². The minimum Gasteiger partial charge on any atom is -0.326 e. The number of benzene rings is 1. The summed E-state index contributed by atoms with van der Waals surface area (Å²) >= 11 is 1.52. The van der Waals surface area contributed by atoms with E-state index in [-0.39, 0.29) is 16.7 Å². The summed E-state index contributed by atoms with van der Waals surface area (Å²) in [5, 5.41) is 11.9. The number of carbonyl (C=O) groups is 1. The zero-order valence-corrected chi connectivity index (χ0v) is 17.2. The SMILES string of the molecule is CSc1nnc(C2CCCN(S(=O)(=O)c3ccc(NC(C)=O)cc3)C2)n1C. The lowest BCUT2D eigenvalue weighted by molar-refractivity contribution is -0.114. The predicted octanol–water partition coefficient (Wildman–Crippen LogP) is 2.06. The molecule has 1 aliphatic heterocycles. The fourth-order valence-corrected chi connectivity index (χ4v) is 5.31. The molecule has 1 aromatic carbocycles. The fourth-order valence-electron chi connectivity index (χ4n) is 3.29. The molecule has 1 aromatic heterocycles. The summed E-state index contributed by atoms with van der Waals surface area (Å²) in [5.41, 5.74) is 0.571. The molecule has 1 unspecified atom stereocenters. The van der Waals surface area contributed by atoms with Crippen molar-refractivity contribution in [3.05, 3.63) is 30.1 Å². The Labute approximate surface area is 163 Å². The number of amides is 1. The van der Waals surface area contributed by atoms with E-state index >= 15 is 0 Å². The average Bonchev–Trinajstić information content (AvgIpc) is 3.02. The van der Waals surface area contributed by atoms with Crippen molar-refractivity contribution in [2.75, 3.05) is 24.7 Å². The average molecular weight is 410 g/mol. The summed E-state index contributed by atoms with van der Waals surface area (Å²) in [6, 6.07) is 6.25. The maximum Gasteiger partial charge on any atom is 0.243 e. The summed E-state index contributed by atoms with van der Waals surface area (Å²) in [5.74, 6) is 0.642. The van der Waals surface area contributed by atoms with E-state index in [1.807, 2.05) is 17.9 Å². The molecule has 27 heavy (non-hydrogen) atoms. The van der Waals surface area contributed by atoms with Gasteiger partial charge in [0.15, 0.2) is 5.16 Å². The van der Waals surface area contributed by atoms with E-state index in [0.717, 1.165) is 23.8 Å². The second-order valence-electron chi connectivity index (χ2n) is 6.51. The van der Waals surface area contributed by atoms with Gasteiger partial charge in [0.2, 0.25) is 15.9 Å². The largest absolute Gasteiger partial charge is 0.326 e. The first-order valence-electron chi connectivity index (χ1n) is 8.64. The summed E-state index contributed by atoms with van der Waals surface area (Å²) in [6.07, 6.45) is 3.60. The molecule has 1 saturated heterocycles. The summed E-state index contributed by atoms with van der Waals surface area (Å²) in [6.45, 7) is 2.28. The van der Waals surface area contributed by atoms with Crippen molar-refractivity contribution in [3.8, 4) is 0 Å². The van der Waals surface area contributed by atoms with Gasteiger partial charge < -0.3 is 9.88 Å². The summed E-state index contributed by atoms with van der Waals surface area (Å²) in [7, 11) is -1.69. The normalized spacial score (nSPS) is 18.4. The number of piperidine rings is 1. The maximum absolute atomic E-state index is 13.0. The minimum absolute atomic E-state index is 0.0191. The van der Waals surface area contributed by atoms with Crippen LogP contribution in [-0.4, -0.2) is 52.7 Å². The van der Waals surface area contributed by atoms with E-state index in [9.17, 15) is 13.2 Å². The first-order valence-corrected chi connectivity index (χ1v) is 11.3. The van der Waals surface area contributed by atoms with Crippen LogP contribution in [0.4, 0.5) is 5.69 Å². The van der Waals surface area contributed by atoms with Crippen LogP contribution in [-0.2, 0) is 21.9 Å². The van der Waals surface area contributed by atoms with Gasteiger partial charge in [0.05, 0.1) is 4.90 Å². The zero-order valence-electron chi connectivity index (χ0n) is 15.5. The Morgan fingerprint density at radius 2 is 1.96 bits per heavy atom. The Kier molecular flexibility index (Phi) is 5.87. The van der Waals surface area contributed by atoms with E-state index in [1.54, 1.807) is 12.1 Å². The highest BCUT2D eigenvalue weighted by molar-refractivity contribution is 7.98. The van der Waals surface area contributed by atoms with E-state index in [1.165, 1.54) is 35.1 Å². The van der Waals surface area contributed by atoms with Crippen molar-refractivity contribution in [1.82, 2.24) is 19.1 Å². The number of thioether (sulfide) groups is 1. The molecule has 0 aliphatic carbocycles. The second kappa shape index (κ2) is 7.99. The number of aromatic nitrogens is 3. The molecule has 8 nitrogen and oxygen atoms in total. The topological polar surface area (TPSA) is 97.2 Å². The quantitative estimate of drug-likeness (QED) is 0.759. The van der Waals surface area contributed by atoms with Crippen molar-refractivity contribution in [2.45, 2.75) is 35.7 Å². The smallest absolute Gasteiger partial charge is 0.243 e. The third-order valence-electron chi connectivity index (χ3n) is 4.61. The minimum atomic E-state index is -3.60. The van der Waals surface area contributed by atoms with Gasteiger partial charge in [-0.1, -0.05) is 11.8 Å². The van der Waals surface area contributed by atoms with Crippen LogP contribution in [0.25, 0.3) is 0 Å². The predicted molar refractivity (Wildman–Crippen MR) is 104 cm³/mol. The molecule has 3 rings (SSSR count). The van der Waals surface area contributed by atoms with Crippen LogP contribution in [0.1, 0.15) is 31.5 Å².